The second-order valence-electron chi connectivity index (χ2n) is 7.15. The summed E-state index contributed by atoms with van der Waals surface area (Å²) in [6, 6.07) is 2.22. The van der Waals surface area contributed by atoms with Gasteiger partial charge in [0.15, 0.2) is 0 Å². The molecule has 0 aromatic carbocycles. The summed E-state index contributed by atoms with van der Waals surface area (Å²) in [4.78, 5) is 26.6. The van der Waals surface area contributed by atoms with Crippen molar-refractivity contribution in [1.82, 2.24) is 14.9 Å². The first-order valence-corrected chi connectivity index (χ1v) is 9.60. The van der Waals surface area contributed by atoms with Gasteiger partial charge in [0.2, 0.25) is 5.95 Å². The summed E-state index contributed by atoms with van der Waals surface area (Å²) in [5.41, 5.74) is 1.46. The number of likely N-dealkylation sites (tertiary alicyclic amines) is 1. The molecule has 3 heterocycles. The van der Waals surface area contributed by atoms with Crippen molar-refractivity contribution in [3.8, 4) is 0 Å². The van der Waals surface area contributed by atoms with E-state index >= 15 is 0 Å². The van der Waals surface area contributed by atoms with Gasteiger partial charge in [-0.3, -0.25) is 4.79 Å². The Morgan fingerprint density at radius 3 is 2.50 bits per heavy atom. The molecule has 1 aromatic heterocycles. The molecule has 1 unspecified atom stereocenters. The van der Waals surface area contributed by atoms with Crippen molar-refractivity contribution in [3.63, 3.8) is 0 Å². The van der Waals surface area contributed by atoms with E-state index in [0.717, 1.165) is 50.5 Å². The molecule has 5 heteroatoms. The maximum atomic E-state index is 13.0. The van der Waals surface area contributed by atoms with Crippen molar-refractivity contribution in [2.75, 3.05) is 24.5 Å². The van der Waals surface area contributed by atoms with Crippen LogP contribution in [0.15, 0.2) is 6.07 Å². The van der Waals surface area contributed by atoms with Crippen LogP contribution in [-0.2, 0) is 0 Å². The van der Waals surface area contributed by atoms with Crippen molar-refractivity contribution < 1.29 is 4.79 Å². The second-order valence-corrected chi connectivity index (χ2v) is 7.15. The molecule has 2 aliphatic rings. The Morgan fingerprint density at radius 2 is 1.79 bits per heavy atom. The molecule has 0 bridgehead atoms. The second kappa shape index (κ2) is 7.95. The van der Waals surface area contributed by atoms with Gasteiger partial charge in [0, 0.05) is 31.4 Å². The average molecular weight is 330 g/mol. The van der Waals surface area contributed by atoms with E-state index in [1.807, 2.05) is 17.9 Å². The third kappa shape index (κ3) is 3.87. The molecule has 2 aliphatic heterocycles. The molecule has 1 atom stereocenters. The fourth-order valence-corrected chi connectivity index (χ4v) is 3.91. The van der Waals surface area contributed by atoms with Crippen LogP contribution < -0.4 is 4.90 Å². The predicted octanol–water partition coefficient (Wildman–Crippen LogP) is 3.57. The number of anilines is 1. The number of nitrogens with zero attached hydrogens (tertiary/aromatic N) is 4. The Balaban J connectivity index is 1.83. The first-order chi connectivity index (χ1) is 11.7. The Bertz CT molecular complexity index is 566. The maximum Gasteiger partial charge on any atom is 0.272 e. The van der Waals surface area contributed by atoms with Gasteiger partial charge in [-0.2, -0.15) is 0 Å². The molecule has 24 heavy (non-hydrogen) atoms. The predicted molar refractivity (Wildman–Crippen MR) is 96.4 cm³/mol. The van der Waals surface area contributed by atoms with E-state index in [1.165, 1.54) is 32.1 Å². The third-order valence-corrected chi connectivity index (χ3v) is 5.31. The van der Waals surface area contributed by atoms with E-state index in [4.69, 9.17) is 0 Å². The Hall–Kier alpha value is -1.65. The van der Waals surface area contributed by atoms with Crippen LogP contribution in [0.4, 0.5) is 5.95 Å². The molecule has 1 aromatic rings. The average Bonchev–Trinajstić information content (AvgIpc) is 2.90. The number of rotatable bonds is 3. The molecular weight excluding hydrogens is 300 g/mol. The van der Waals surface area contributed by atoms with Crippen LogP contribution in [0, 0.1) is 6.92 Å². The molecule has 2 saturated heterocycles. The fraction of sp³-hybridized carbons (Fsp3) is 0.737. The van der Waals surface area contributed by atoms with E-state index in [0.29, 0.717) is 11.7 Å². The van der Waals surface area contributed by atoms with Gasteiger partial charge in [-0.1, -0.05) is 19.8 Å². The number of piperidine rings is 1. The molecule has 5 nitrogen and oxygen atoms in total. The van der Waals surface area contributed by atoms with Crippen molar-refractivity contribution in [2.24, 2.45) is 0 Å². The van der Waals surface area contributed by atoms with Crippen LogP contribution in [0.25, 0.3) is 0 Å². The zero-order chi connectivity index (χ0) is 16.9. The van der Waals surface area contributed by atoms with E-state index < -0.39 is 0 Å². The molecule has 0 saturated carbocycles. The smallest absolute Gasteiger partial charge is 0.272 e. The highest BCUT2D eigenvalue weighted by molar-refractivity contribution is 5.93. The summed E-state index contributed by atoms with van der Waals surface area (Å²) in [6.07, 6.45) is 9.39. The summed E-state index contributed by atoms with van der Waals surface area (Å²) in [5, 5.41) is 0. The number of hydrogen-bond donors (Lipinski definition) is 0. The summed E-state index contributed by atoms with van der Waals surface area (Å²) in [5.74, 6) is 0.827. The van der Waals surface area contributed by atoms with Crippen LogP contribution in [0.2, 0.25) is 0 Å². The van der Waals surface area contributed by atoms with Crippen molar-refractivity contribution in [2.45, 2.75) is 71.3 Å². The molecule has 3 rings (SSSR count). The number of aromatic nitrogens is 2. The lowest BCUT2D eigenvalue weighted by Gasteiger charge is -2.35. The van der Waals surface area contributed by atoms with Crippen LogP contribution in [0.1, 0.15) is 74.5 Å². The van der Waals surface area contributed by atoms with Gasteiger partial charge in [-0.15, -0.1) is 0 Å². The first kappa shape index (κ1) is 17.2. The quantitative estimate of drug-likeness (QED) is 0.850. The SMILES string of the molecule is CCC1CCCCN1C(=O)c1cc(C)nc(N2CCCCCC2)n1. The van der Waals surface area contributed by atoms with E-state index in [9.17, 15) is 4.79 Å². The topological polar surface area (TPSA) is 49.3 Å². The minimum absolute atomic E-state index is 0.0862. The minimum Gasteiger partial charge on any atom is -0.341 e. The number of amides is 1. The third-order valence-electron chi connectivity index (χ3n) is 5.31. The van der Waals surface area contributed by atoms with E-state index in [1.54, 1.807) is 0 Å². The number of hydrogen-bond acceptors (Lipinski definition) is 4. The molecule has 0 N–H and O–H groups in total. The van der Waals surface area contributed by atoms with Gasteiger partial charge in [0.05, 0.1) is 0 Å². The van der Waals surface area contributed by atoms with Gasteiger partial charge < -0.3 is 9.80 Å². The molecule has 0 radical (unpaired) electrons. The summed E-state index contributed by atoms with van der Waals surface area (Å²) >= 11 is 0. The van der Waals surface area contributed by atoms with Gasteiger partial charge >= 0.3 is 0 Å². The first-order valence-electron chi connectivity index (χ1n) is 9.60. The summed E-state index contributed by atoms with van der Waals surface area (Å²) in [6.45, 7) is 6.99. The normalized spacial score (nSPS) is 22.3. The lowest BCUT2D eigenvalue weighted by atomic mass is 9.99. The van der Waals surface area contributed by atoms with Crippen LogP contribution >= 0.6 is 0 Å². The number of carbonyl (C=O) groups is 1. The number of carbonyl (C=O) groups excluding carboxylic acids is 1. The standard InChI is InChI=1S/C19H30N4O/c1-3-16-10-6-9-13-23(16)18(24)17-14-15(2)20-19(21-17)22-11-7-4-5-8-12-22/h14,16H,3-13H2,1-2H3. The summed E-state index contributed by atoms with van der Waals surface area (Å²) < 4.78 is 0. The fourth-order valence-electron chi connectivity index (χ4n) is 3.91. The van der Waals surface area contributed by atoms with Crippen molar-refractivity contribution in [1.29, 1.82) is 0 Å². The monoisotopic (exact) mass is 330 g/mol. The Kier molecular flexibility index (Phi) is 5.69. The zero-order valence-electron chi connectivity index (χ0n) is 15.1. The summed E-state index contributed by atoms with van der Waals surface area (Å²) in [7, 11) is 0. The highest BCUT2D eigenvalue weighted by Gasteiger charge is 2.28. The molecule has 1 amide bonds. The highest BCUT2D eigenvalue weighted by atomic mass is 16.2. The lowest BCUT2D eigenvalue weighted by Crippen LogP contribution is -2.43. The van der Waals surface area contributed by atoms with Gasteiger partial charge in [0.25, 0.3) is 5.91 Å². The van der Waals surface area contributed by atoms with E-state index in [2.05, 4.69) is 21.8 Å². The van der Waals surface area contributed by atoms with Crippen molar-refractivity contribution >= 4 is 11.9 Å². The Labute approximate surface area is 145 Å². The molecule has 0 spiro atoms. The molecular formula is C19H30N4O. The van der Waals surface area contributed by atoms with E-state index in [-0.39, 0.29) is 5.91 Å². The lowest BCUT2D eigenvalue weighted by molar-refractivity contribution is 0.0601. The highest BCUT2D eigenvalue weighted by Crippen LogP contribution is 2.23. The maximum absolute atomic E-state index is 13.0. The van der Waals surface area contributed by atoms with Crippen molar-refractivity contribution in [3.05, 3.63) is 17.5 Å². The minimum atomic E-state index is 0.0862. The van der Waals surface area contributed by atoms with Gasteiger partial charge in [-0.25, -0.2) is 9.97 Å². The Morgan fingerprint density at radius 1 is 1.08 bits per heavy atom. The van der Waals surface area contributed by atoms with Gasteiger partial charge in [-0.05, 0) is 51.5 Å². The molecule has 2 fully saturated rings. The largest absolute Gasteiger partial charge is 0.341 e. The molecule has 132 valence electrons. The number of aryl methyl sites for hydroxylation is 1. The van der Waals surface area contributed by atoms with Crippen LogP contribution in [0.5, 0.6) is 0 Å². The van der Waals surface area contributed by atoms with Crippen LogP contribution in [0.3, 0.4) is 0 Å². The molecule has 0 aliphatic carbocycles. The zero-order valence-corrected chi connectivity index (χ0v) is 15.1. The van der Waals surface area contributed by atoms with Crippen LogP contribution in [-0.4, -0.2) is 46.5 Å². The van der Waals surface area contributed by atoms with Gasteiger partial charge in [0.1, 0.15) is 5.69 Å².